The molecule has 1 N–H and O–H groups in total. The zero-order chi connectivity index (χ0) is 11.1. The van der Waals surface area contributed by atoms with Crippen LogP contribution in [0.1, 0.15) is 12.1 Å². The van der Waals surface area contributed by atoms with Gasteiger partial charge < -0.3 is 10.2 Å². The van der Waals surface area contributed by atoms with E-state index in [1.807, 2.05) is 6.92 Å². The fraction of sp³-hybridized carbons (Fsp3) is 0.583. The maximum Gasteiger partial charge on any atom is 0.129 e. The molecule has 3 rings (SSSR count). The van der Waals surface area contributed by atoms with Gasteiger partial charge in [0.25, 0.3) is 0 Å². The molecular weight excluding hydrogens is 266 g/mol. The minimum atomic E-state index is 0.660. The zero-order valence-electron chi connectivity index (χ0n) is 9.41. The molecule has 3 heterocycles. The van der Waals surface area contributed by atoms with Gasteiger partial charge in [-0.25, -0.2) is 4.98 Å². The van der Waals surface area contributed by atoms with E-state index in [9.17, 15) is 0 Å². The van der Waals surface area contributed by atoms with E-state index in [4.69, 9.17) is 0 Å². The highest BCUT2D eigenvalue weighted by Gasteiger charge is 2.37. The van der Waals surface area contributed by atoms with Gasteiger partial charge in [0.1, 0.15) is 5.82 Å². The maximum atomic E-state index is 4.67. The molecule has 0 amide bonds. The van der Waals surface area contributed by atoms with E-state index in [1.54, 1.807) is 0 Å². The van der Waals surface area contributed by atoms with Crippen LogP contribution >= 0.6 is 15.9 Å². The van der Waals surface area contributed by atoms with Crippen LogP contribution in [0.15, 0.2) is 16.6 Å². The smallest absolute Gasteiger partial charge is 0.129 e. The van der Waals surface area contributed by atoms with Gasteiger partial charge in [0.05, 0.1) is 5.69 Å². The lowest BCUT2D eigenvalue weighted by molar-refractivity contribution is 0.577. The molecule has 16 heavy (non-hydrogen) atoms. The van der Waals surface area contributed by atoms with E-state index in [0.29, 0.717) is 6.04 Å². The third kappa shape index (κ3) is 1.64. The molecule has 86 valence electrons. The molecule has 0 spiro atoms. The van der Waals surface area contributed by atoms with Crippen molar-refractivity contribution < 1.29 is 0 Å². The Bertz CT molecular complexity index is 407. The largest absolute Gasteiger partial charge is 0.352 e. The lowest BCUT2D eigenvalue weighted by atomic mass is 10.1. The minimum Gasteiger partial charge on any atom is -0.352 e. The van der Waals surface area contributed by atoms with Crippen LogP contribution in [0.2, 0.25) is 0 Å². The number of nitrogens with one attached hydrogen (secondary N) is 1. The minimum absolute atomic E-state index is 0.660. The van der Waals surface area contributed by atoms with Gasteiger partial charge in [0.2, 0.25) is 0 Å². The summed E-state index contributed by atoms with van der Waals surface area (Å²) in [5, 5.41) is 3.47. The van der Waals surface area contributed by atoms with Crippen molar-refractivity contribution in [2.45, 2.75) is 19.4 Å². The Hall–Kier alpha value is -0.610. The second-order valence-corrected chi connectivity index (χ2v) is 5.56. The fourth-order valence-corrected chi connectivity index (χ4v) is 3.05. The van der Waals surface area contributed by atoms with Gasteiger partial charge in [-0.2, -0.15) is 0 Å². The van der Waals surface area contributed by atoms with E-state index in [-0.39, 0.29) is 0 Å². The Morgan fingerprint density at radius 3 is 3.12 bits per heavy atom. The predicted molar refractivity (Wildman–Crippen MR) is 68.8 cm³/mol. The van der Waals surface area contributed by atoms with Crippen LogP contribution in [0.4, 0.5) is 5.82 Å². The van der Waals surface area contributed by atoms with E-state index in [0.717, 1.165) is 35.0 Å². The Kier molecular flexibility index (Phi) is 2.64. The summed E-state index contributed by atoms with van der Waals surface area (Å²) in [6.07, 6.45) is 1.30. The number of nitrogens with zero attached hydrogens (tertiary/aromatic N) is 2. The van der Waals surface area contributed by atoms with Crippen molar-refractivity contribution in [2.75, 3.05) is 24.5 Å². The number of fused-ring (bicyclic) bond motifs is 1. The highest BCUT2D eigenvalue weighted by molar-refractivity contribution is 9.10. The fourth-order valence-electron chi connectivity index (χ4n) is 2.82. The average molecular weight is 282 g/mol. The number of anilines is 1. The predicted octanol–water partition coefficient (Wildman–Crippen LogP) is 1.95. The van der Waals surface area contributed by atoms with Gasteiger partial charge >= 0.3 is 0 Å². The maximum absolute atomic E-state index is 4.67. The number of halogens is 1. The van der Waals surface area contributed by atoms with Crippen molar-refractivity contribution in [3.8, 4) is 0 Å². The number of rotatable bonds is 1. The molecular formula is C12H16BrN3. The molecule has 1 aromatic heterocycles. The Labute approximate surface area is 104 Å². The van der Waals surface area contributed by atoms with Crippen LogP contribution in [-0.4, -0.2) is 30.7 Å². The van der Waals surface area contributed by atoms with Crippen LogP contribution in [0.5, 0.6) is 0 Å². The SMILES string of the molecule is Cc1nc(N2CC[C@H]3CNC[C@H]32)ccc1Br. The number of hydrogen-bond acceptors (Lipinski definition) is 3. The van der Waals surface area contributed by atoms with Crippen molar-refractivity contribution in [3.05, 3.63) is 22.3 Å². The Morgan fingerprint density at radius 2 is 2.31 bits per heavy atom. The molecule has 0 aliphatic carbocycles. The summed E-state index contributed by atoms with van der Waals surface area (Å²) in [7, 11) is 0. The van der Waals surface area contributed by atoms with Crippen molar-refractivity contribution in [1.82, 2.24) is 10.3 Å². The van der Waals surface area contributed by atoms with Gasteiger partial charge in [-0.15, -0.1) is 0 Å². The molecule has 2 saturated heterocycles. The molecule has 3 nitrogen and oxygen atoms in total. The third-order valence-electron chi connectivity index (χ3n) is 3.75. The summed E-state index contributed by atoms with van der Waals surface area (Å²) < 4.78 is 1.09. The molecule has 0 radical (unpaired) electrons. The molecule has 2 fully saturated rings. The van der Waals surface area contributed by atoms with Crippen LogP contribution in [0.3, 0.4) is 0 Å². The van der Waals surface area contributed by atoms with E-state index in [2.05, 4.69) is 43.3 Å². The highest BCUT2D eigenvalue weighted by Crippen LogP contribution is 2.31. The average Bonchev–Trinajstić information content (AvgIpc) is 2.83. The molecule has 0 saturated carbocycles. The summed E-state index contributed by atoms with van der Waals surface area (Å²) in [5.41, 5.74) is 1.08. The van der Waals surface area contributed by atoms with E-state index < -0.39 is 0 Å². The number of aryl methyl sites for hydroxylation is 1. The summed E-state index contributed by atoms with van der Waals surface area (Å²) in [6, 6.07) is 4.89. The second kappa shape index (κ2) is 4.00. The normalized spacial score (nSPS) is 28.5. The van der Waals surface area contributed by atoms with E-state index >= 15 is 0 Å². The summed E-state index contributed by atoms with van der Waals surface area (Å²) in [5.74, 6) is 1.96. The molecule has 1 aromatic rings. The third-order valence-corrected chi connectivity index (χ3v) is 4.58. The number of pyridine rings is 1. The van der Waals surface area contributed by atoms with Crippen molar-refractivity contribution in [2.24, 2.45) is 5.92 Å². The topological polar surface area (TPSA) is 28.2 Å². The van der Waals surface area contributed by atoms with Gasteiger partial charge in [-0.1, -0.05) is 0 Å². The first-order valence-electron chi connectivity index (χ1n) is 5.86. The first-order valence-corrected chi connectivity index (χ1v) is 6.65. The summed E-state index contributed by atoms with van der Waals surface area (Å²) in [4.78, 5) is 7.13. The quantitative estimate of drug-likeness (QED) is 0.853. The van der Waals surface area contributed by atoms with Crippen LogP contribution in [0.25, 0.3) is 0 Å². The lowest BCUT2D eigenvalue weighted by Crippen LogP contribution is -2.34. The summed E-state index contributed by atoms with van der Waals surface area (Å²) in [6.45, 7) is 5.50. The van der Waals surface area contributed by atoms with Crippen LogP contribution < -0.4 is 10.2 Å². The van der Waals surface area contributed by atoms with Crippen LogP contribution in [0, 0.1) is 12.8 Å². The Balaban J connectivity index is 1.89. The zero-order valence-corrected chi connectivity index (χ0v) is 11.0. The lowest BCUT2D eigenvalue weighted by Gasteiger charge is -2.24. The summed E-state index contributed by atoms with van der Waals surface area (Å²) >= 11 is 3.50. The molecule has 2 aliphatic heterocycles. The molecule has 0 aromatic carbocycles. The van der Waals surface area contributed by atoms with Gasteiger partial charge in [-0.05, 0) is 47.3 Å². The van der Waals surface area contributed by atoms with E-state index in [1.165, 1.54) is 13.0 Å². The molecule has 0 bridgehead atoms. The number of hydrogen-bond donors (Lipinski definition) is 1. The molecule has 0 unspecified atom stereocenters. The van der Waals surface area contributed by atoms with Gasteiger partial charge in [0, 0.05) is 30.1 Å². The Morgan fingerprint density at radius 1 is 1.44 bits per heavy atom. The first kappa shape index (κ1) is 10.5. The molecule has 2 aliphatic rings. The molecule has 4 heteroatoms. The monoisotopic (exact) mass is 281 g/mol. The van der Waals surface area contributed by atoms with Gasteiger partial charge in [0.15, 0.2) is 0 Å². The van der Waals surface area contributed by atoms with Crippen molar-refractivity contribution in [3.63, 3.8) is 0 Å². The first-order chi connectivity index (χ1) is 7.75. The number of aromatic nitrogens is 1. The highest BCUT2D eigenvalue weighted by atomic mass is 79.9. The van der Waals surface area contributed by atoms with Crippen LogP contribution in [-0.2, 0) is 0 Å². The second-order valence-electron chi connectivity index (χ2n) is 4.70. The molecule has 2 atom stereocenters. The van der Waals surface area contributed by atoms with Crippen molar-refractivity contribution in [1.29, 1.82) is 0 Å². The standard InChI is InChI=1S/C12H16BrN3/c1-8-10(13)2-3-12(15-8)16-5-4-9-6-14-7-11(9)16/h2-3,9,11,14H,4-7H2,1H3/t9-,11+/m0/s1. The van der Waals surface area contributed by atoms with Gasteiger partial charge in [-0.3, -0.25) is 0 Å². The van der Waals surface area contributed by atoms with Crippen molar-refractivity contribution >= 4 is 21.7 Å².